The van der Waals surface area contributed by atoms with Gasteiger partial charge in [0.15, 0.2) is 0 Å². The molecule has 10 heavy (non-hydrogen) atoms. The second-order valence-electron chi connectivity index (χ2n) is 2.77. The van der Waals surface area contributed by atoms with Gasteiger partial charge in [-0.1, -0.05) is 44.1 Å². The van der Waals surface area contributed by atoms with Gasteiger partial charge in [-0.2, -0.15) is 0 Å². The second-order valence-corrected chi connectivity index (χ2v) is 2.77. The predicted molar refractivity (Wildman–Crippen MR) is 45.6 cm³/mol. The molecule has 0 nitrogen and oxygen atoms in total. The average molecular weight is 135 g/mol. The second kappa shape index (κ2) is 4.32. The number of rotatable bonds is 3. The minimum atomic E-state index is 0.713. The third-order valence-electron chi connectivity index (χ3n) is 1.83. The largest absolute Gasteiger partial charge is 0.0808 e. The zero-order valence-electron chi connectivity index (χ0n) is 6.59. The number of allylic oxidation sites excluding steroid dienone is 4. The molecule has 0 saturated carbocycles. The Labute approximate surface area is 63.6 Å². The summed E-state index contributed by atoms with van der Waals surface area (Å²) < 4.78 is 0. The number of unbranched alkanes of at least 4 members (excludes halogenated alkanes) is 1. The summed E-state index contributed by atoms with van der Waals surface area (Å²) in [5.74, 6) is 0.713. The molecule has 0 heteroatoms. The molecule has 1 aliphatic rings. The molecule has 1 unspecified atom stereocenters. The highest BCUT2D eigenvalue weighted by Crippen LogP contribution is 2.16. The number of hydrogen-bond acceptors (Lipinski definition) is 0. The van der Waals surface area contributed by atoms with Crippen LogP contribution in [0.5, 0.6) is 0 Å². The van der Waals surface area contributed by atoms with Crippen molar-refractivity contribution in [3.8, 4) is 0 Å². The predicted octanol–water partition coefficient (Wildman–Crippen LogP) is 3.12. The van der Waals surface area contributed by atoms with Crippen LogP contribution in [0, 0.1) is 12.3 Å². The summed E-state index contributed by atoms with van der Waals surface area (Å²) in [7, 11) is 0. The maximum Gasteiger partial charge on any atom is -0.00986 e. The van der Waals surface area contributed by atoms with Crippen molar-refractivity contribution in [3.63, 3.8) is 0 Å². The van der Waals surface area contributed by atoms with Crippen molar-refractivity contribution in [2.24, 2.45) is 5.92 Å². The Morgan fingerprint density at radius 3 is 2.70 bits per heavy atom. The van der Waals surface area contributed by atoms with E-state index in [0.29, 0.717) is 5.92 Å². The zero-order valence-corrected chi connectivity index (χ0v) is 6.59. The summed E-state index contributed by atoms with van der Waals surface area (Å²) in [5.41, 5.74) is 0. The van der Waals surface area contributed by atoms with Gasteiger partial charge in [-0.05, 0) is 18.8 Å². The zero-order chi connectivity index (χ0) is 7.23. The van der Waals surface area contributed by atoms with Gasteiger partial charge in [-0.15, -0.1) is 0 Å². The Balaban J connectivity index is 2.17. The lowest BCUT2D eigenvalue weighted by atomic mass is 9.95. The van der Waals surface area contributed by atoms with Crippen molar-refractivity contribution in [3.05, 3.63) is 30.7 Å². The summed E-state index contributed by atoms with van der Waals surface area (Å²) in [6.07, 6.45) is 14.9. The van der Waals surface area contributed by atoms with Gasteiger partial charge in [-0.3, -0.25) is 0 Å². The first-order valence-corrected chi connectivity index (χ1v) is 4.12. The summed E-state index contributed by atoms with van der Waals surface area (Å²) in [6, 6.07) is 0. The van der Waals surface area contributed by atoms with Crippen LogP contribution in [-0.2, 0) is 0 Å². The first-order chi connectivity index (χ1) is 4.93. The van der Waals surface area contributed by atoms with Crippen molar-refractivity contribution >= 4 is 0 Å². The standard InChI is InChI=1S/C10H15/c1-2-3-7-10-8-5-4-6-9-10/h4-6,8-10H,2-3,7H2,1H3. The molecular formula is C10H15. The fourth-order valence-electron chi connectivity index (χ4n) is 1.17. The summed E-state index contributed by atoms with van der Waals surface area (Å²) in [5, 5.41) is 0. The molecule has 1 aliphatic carbocycles. The van der Waals surface area contributed by atoms with E-state index in [9.17, 15) is 0 Å². The summed E-state index contributed by atoms with van der Waals surface area (Å²) in [6.45, 7) is 2.24. The van der Waals surface area contributed by atoms with E-state index in [0.717, 1.165) is 0 Å². The molecule has 0 amide bonds. The molecule has 1 radical (unpaired) electrons. The highest BCUT2D eigenvalue weighted by atomic mass is 14.1. The Morgan fingerprint density at radius 1 is 1.20 bits per heavy atom. The normalized spacial score (nSPS) is 23.5. The van der Waals surface area contributed by atoms with E-state index in [1.807, 2.05) is 0 Å². The molecule has 0 spiro atoms. The van der Waals surface area contributed by atoms with E-state index >= 15 is 0 Å². The molecule has 0 aromatic heterocycles. The average Bonchev–Trinajstić information content (AvgIpc) is 2.03. The van der Waals surface area contributed by atoms with Crippen molar-refractivity contribution in [2.45, 2.75) is 26.2 Å². The Morgan fingerprint density at radius 2 is 2.10 bits per heavy atom. The van der Waals surface area contributed by atoms with Crippen molar-refractivity contribution < 1.29 is 0 Å². The molecule has 0 aromatic carbocycles. The highest BCUT2D eigenvalue weighted by molar-refractivity contribution is 5.18. The smallest absolute Gasteiger partial charge is 0.00986 e. The van der Waals surface area contributed by atoms with Gasteiger partial charge in [0.25, 0.3) is 0 Å². The van der Waals surface area contributed by atoms with Crippen LogP contribution in [0.15, 0.2) is 24.3 Å². The molecule has 0 aromatic rings. The highest BCUT2D eigenvalue weighted by Gasteiger charge is 2.03. The maximum atomic E-state index is 2.27. The molecule has 0 heterocycles. The van der Waals surface area contributed by atoms with E-state index in [-0.39, 0.29) is 0 Å². The molecule has 0 N–H and O–H groups in total. The Kier molecular flexibility index (Phi) is 3.28. The van der Waals surface area contributed by atoms with Crippen LogP contribution in [0.4, 0.5) is 0 Å². The van der Waals surface area contributed by atoms with Crippen LogP contribution < -0.4 is 0 Å². The molecule has 0 saturated heterocycles. The van der Waals surface area contributed by atoms with Crippen LogP contribution in [0.25, 0.3) is 0 Å². The van der Waals surface area contributed by atoms with E-state index in [1.54, 1.807) is 0 Å². The molecule has 0 bridgehead atoms. The molecule has 1 rings (SSSR count). The maximum absolute atomic E-state index is 2.27. The van der Waals surface area contributed by atoms with Gasteiger partial charge in [0.05, 0.1) is 0 Å². The Hall–Kier alpha value is -0.520. The van der Waals surface area contributed by atoms with Crippen molar-refractivity contribution in [1.82, 2.24) is 0 Å². The van der Waals surface area contributed by atoms with Gasteiger partial charge >= 0.3 is 0 Å². The van der Waals surface area contributed by atoms with Crippen molar-refractivity contribution in [1.29, 1.82) is 0 Å². The molecule has 0 fully saturated rings. The minimum Gasteiger partial charge on any atom is -0.0808 e. The molecule has 0 aliphatic heterocycles. The third kappa shape index (κ3) is 2.38. The summed E-state index contributed by atoms with van der Waals surface area (Å²) in [4.78, 5) is 0. The lowest BCUT2D eigenvalue weighted by Crippen LogP contribution is -1.97. The van der Waals surface area contributed by atoms with Gasteiger partial charge in [0, 0.05) is 0 Å². The van der Waals surface area contributed by atoms with Crippen LogP contribution >= 0.6 is 0 Å². The lowest BCUT2D eigenvalue weighted by Gasteiger charge is -2.10. The van der Waals surface area contributed by atoms with Gasteiger partial charge in [-0.25, -0.2) is 0 Å². The SMILES string of the molecule is CCCCC1[CH]C=CC=C1. The van der Waals surface area contributed by atoms with Crippen LogP contribution in [0.2, 0.25) is 0 Å². The molecule has 55 valence electrons. The van der Waals surface area contributed by atoms with Crippen LogP contribution in [-0.4, -0.2) is 0 Å². The minimum absolute atomic E-state index is 0.713. The Bertz CT molecular complexity index is 131. The topological polar surface area (TPSA) is 0 Å². The fourth-order valence-corrected chi connectivity index (χ4v) is 1.17. The summed E-state index contributed by atoms with van der Waals surface area (Å²) >= 11 is 0. The molecular weight excluding hydrogens is 120 g/mol. The quantitative estimate of drug-likeness (QED) is 0.557. The van der Waals surface area contributed by atoms with E-state index < -0.39 is 0 Å². The van der Waals surface area contributed by atoms with E-state index in [1.165, 1.54) is 19.3 Å². The van der Waals surface area contributed by atoms with E-state index in [4.69, 9.17) is 0 Å². The first-order valence-electron chi connectivity index (χ1n) is 4.12. The van der Waals surface area contributed by atoms with Crippen LogP contribution in [0.3, 0.4) is 0 Å². The van der Waals surface area contributed by atoms with Gasteiger partial charge in [0.1, 0.15) is 0 Å². The fraction of sp³-hybridized carbons (Fsp3) is 0.500. The van der Waals surface area contributed by atoms with Crippen LogP contribution in [0.1, 0.15) is 26.2 Å². The molecule has 1 atom stereocenters. The first kappa shape index (κ1) is 7.59. The number of hydrogen-bond donors (Lipinski definition) is 0. The lowest BCUT2D eigenvalue weighted by molar-refractivity contribution is 0.620. The van der Waals surface area contributed by atoms with E-state index in [2.05, 4.69) is 37.6 Å². The van der Waals surface area contributed by atoms with Gasteiger partial charge < -0.3 is 0 Å². The van der Waals surface area contributed by atoms with Crippen molar-refractivity contribution in [2.75, 3.05) is 0 Å². The third-order valence-corrected chi connectivity index (χ3v) is 1.83. The monoisotopic (exact) mass is 135 g/mol. The van der Waals surface area contributed by atoms with Gasteiger partial charge in [0.2, 0.25) is 0 Å².